The van der Waals surface area contributed by atoms with Crippen LogP contribution in [0.1, 0.15) is 33.1 Å². The highest BCUT2D eigenvalue weighted by Gasteiger charge is 2.43. The first kappa shape index (κ1) is 25.0. The molecule has 1 heterocycles. The van der Waals surface area contributed by atoms with Crippen molar-refractivity contribution in [3.63, 3.8) is 0 Å². The number of Topliss-reactive ketones (excluding diaryl/α,β-unsaturated/α-hetero) is 2. The van der Waals surface area contributed by atoms with Gasteiger partial charge in [0, 0.05) is 9.77 Å². The zero-order valence-electron chi connectivity index (χ0n) is 17.0. The summed E-state index contributed by atoms with van der Waals surface area (Å²) in [6, 6.07) is 0. The standard InChI is InChI=1S/C21H26O6S3/c1-4-7-26-9-12(22)10-27-16(23)8-13-11-29-21(30-13)17-18(24)14(5-2)20(28)15(6-3)19(17)25/h4,11-12,14-15,22H,1,5-10H2,2-3H3. The highest BCUT2D eigenvalue weighted by Crippen LogP contribution is 2.49. The van der Waals surface area contributed by atoms with Gasteiger partial charge in [0.15, 0.2) is 11.6 Å². The molecule has 0 aromatic rings. The van der Waals surface area contributed by atoms with Crippen molar-refractivity contribution in [2.75, 3.05) is 19.8 Å². The first-order valence-corrected chi connectivity index (χ1v) is 11.9. The molecule has 0 saturated heterocycles. The molecule has 1 saturated carbocycles. The zero-order chi connectivity index (χ0) is 22.3. The van der Waals surface area contributed by atoms with Gasteiger partial charge in [0.2, 0.25) is 0 Å². The summed E-state index contributed by atoms with van der Waals surface area (Å²) in [5.41, 5.74) is 0.215. The second kappa shape index (κ2) is 12.0. The fraction of sp³-hybridized carbons (Fsp3) is 0.524. The lowest BCUT2D eigenvalue weighted by Crippen LogP contribution is -2.42. The van der Waals surface area contributed by atoms with Crippen LogP contribution in [0, 0.1) is 11.8 Å². The molecular formula is C21H26O6S3. The number of carbonyl (C=O) groups is 3. The van der Waals surface area contributed by atoms with Gasteiger partial charge < -0.3 is 14.6 Å². The fourth-order valence-electron chi connectivity index (χ4n) is 3.14. The number of carbonyl (C=O) groups excluding carboxylic acids is 3. The Morgan fingerprint density at radius 2 is 1.90 bits per heavy atom. The molecule has 2 rings (SSSR count). The van der Waals surface area contributed by atoms with Crippen LogP contribution in [-0.2, 0) is 23.9 Å². The van der Waals surface area contributed by atoms with Crippen LogP contribution < -0.4 is 0 Å². The molecule has 9 heteroatoms. The summed E-state index contributed by atoms with van der Waals surface area (Å²) in [6.45, 7) is 7.48. The number of thiocarbonyl (C=S) groups is 1. The molecule has 0 aromatic carbocycles. The third kappa shape index (κ3) is 6.13. The van der Waals surface area contributed by atoms with Crippen molar-refractivity contribution < 1.29 is 29.0 Å². The Morgan fingerprint density at radius 3 is 2.47 bits per heavy atom. The van der Waals surface area contributed by atoms with Gasteiger partial charge in [-0.2, -0.15) is 0 Å². The molecule has 1 N–H and O–H groups in total. The predicted molar refractivity (Wildman–Crippen MR) is 123 cm³/mol. The molecule has 30 heavy (non-hydrogen) atoms. The van der Waals surface area contributed by atoms with Crippen LogP contribution in [0.4, 0.5) is 0 Å². The largest absolute Gasteiger partial charge is 0.463 e. The summed E-state index contributed by atoms with van der Waals surface area (Å²) in [7, 11) is 0. The van der Waals surface area contributed by atoms with Crippen LogP contribution in [0.3, 0.4) is 0 Å². The minimum Gasteiger partial charge on any atom is -0.463 e. The van der Waals surface area contributed by atoms with E-state index < -0.39 is 23.9 Å². The topological polar surface area (TPSA) is 89.9 Å². The van der Waals surface area contributed by atoms with E-state index in [1.807, 2.05) is 13.8 Å². The molecule has 0 radical (unpaired) electrons. The van der Waals surface area contributed by atoms with Crippen molar-refractivity contribution in [3.8, 4) is 0 Å². The smallest absolute Gasteiger partial charge is 0.310 e. The number of rotatable bonds is 10. The van der Waals surface area contributed by atoms with Gasteiger partial charge in [0.25, 0.3) is 0 Å². The van der Waals surface area contributed by atoms with Gasteiger partial charge in [-0.3, -0.25) is 14.4 Å². The monoisotopic (exact) mass is 470 g/mol. The Bertz CT molecular complexity index is 758. The Balaban J connectivity index is 1.97. The Kier molecular flexibility index (Phi) is 9.96. The quantitative estimate of drug-likeness (QED) is 0.128. The summed E-state index contributed by atoms with van der Waals surface area (Å²) in [4.78, 5) is 39.1. The second-order valence-corrected chi connectivity index (χ2v) is 9.61. The SMILES string of the molecule is C=CCOCC(O)COC(=O)CC1=CSC(=C2C(=O)C(CC)C(=S)C(CC)C2=O)S1. The molecule has 164 valence electrons. The van der Waals surface area contributed by atoms with Crippen LogP contribution >= 0.6 is 35.7 Å². The maximum atomic E-state index is 12.9. The van der Waals surface area contributed by atoms with Crippen molar-refractivity contribution >= 4 is 58.1 Å². The third-order valence-corrected chi connectivity index (χ3v) is 7.65. The number of hydrogen-bond donors (Lipinski definition) is 1. The third-order valence-electron chi connectivity index (χ3n) is 4.66. The predicted octanol–water partition coefficient (Wildman–Crippen LogP) is 3.59. The van der Waals surface area contributed by atoms with Crippen molar-refractivity contribution in [3.05, 3.63) is 32.8 Å². The van der Waals surface area contributed by atoms with E-state index in [0.29, 0.717) is 33.5 Å². The van der Waals surface area contributed by atoms with E-state index in [9.17, 15) is 19.5 Å². The number of thioether (sulfide) groups is 2. The van der Waals surface area contributed by atoms with Crippen molar-refractivity contribution in [1.82, 2.24) is 0 Å². The molecule has 0 amide bonds. The average molecular weight is 471 g/mol. The summed E-state index contributed by atoms with van der Waals surface area (Å²) in [6.07, 6.45) is 1.79. The van der Waals surface area contributed by atoms with Gasteiger partial charge in [-0.05, 0) is 18.2 Å². The Morgan fingerprint density at radius 1 is 1.27 bits per heavy atom. The summed E-state index contributed by atoms with van der Waals surface area (Å²) < 4.78 is 10.8. The zero-order valence-corrected chi connectivity index (χ0v) is 19.5. The summed E-state index contributed by atoms with van der Waals surface area (Å²) >= 11 is 7.94. The minimum atomic E-state index is -0.913. The fourth-order valence-corrected chi connectivity index (χ4v) is 6.05. The summed E-state index contributed by atoms with van der Waals surface area (Å²) in [5, 5.41) is 11.5. The van der Waals surface area contributed by atoms with E-state index in [-0.39, 0.29) is 36.8 Å². The van der Waals surface area contributed by atoms with Crippen LogP contribution in [-0.4, -0.2) is 53.4 Å². The van der Waals surface area contributed by atoms with Crippen LogP contribution in [0.15, 0.2) is 32.8 Å². The molecule has 0 spiro atoms. The average Bonchev–Trinajstić information content (AvgIpc) is 3.15. The van der Waals surface area contributed by atoms with Crippen molar-refractivity contribution in [2.24, 2.45) is 11.8 Å². The van der Waals surface area contributed by atoms with Gasteiger partial charge in [-0.1, -0.05) is 55.7 Å². The number of ether oxygens (including phenoxy) is 2. The van der Waals surface area contributed by atoms with Gasteiger partial charge >= 0.3 is 5.97 Å². The first-order valence-electron chi connectivity index (χ1n) is 9.76. The molecule has 2 aliphatic rings. The molecule has 1 aliphatic carbocycles. The van der Waals surface area contributed by atoms with Crippen molar-refractivity contribution in [1.29, 1.82) is 0 Å². The lowest BCUT2D eigenvalue weighted by atomic mass is 9.74. The van der Waals surface area contributed by atoms with E-state index in [1.165, 1.54) is 23.5 Å². The number of hydrogen-bond acceptors (Lipinski definition) is 9. The number of aliphatic hydroxyl groups is 1. The number of esters is 1. The molecule has 6 nitrogen and oxygen atoms in total. The highest BCUT2D eigenvalue weighted by atomic mass is 32.2. The van der Waals surface area contributed by atoms with E-state index in [1.54, 1.807) is 11.5 Å². The maximum Gasteiger partial charge on any atom is 0.310 e. The second-order valence-electron chi connectivity index (χ2n) is 6.86. The van der Waals surface area contributed by atoms with Crippen molar-refractivity contribution in [2.45, 2.75) is 39.2 Å². The Labute approximate surface area is 190 Å². The number of ketones is 2. The van der Waals surface area contributed by atoms with Gasteiger partial charge in [-0.15, -0.1) is 6.58 Å². The minimum absolute atomic E-state index is 0.00386. The van der Waals surface area contributed by atoms with E-state index in [4.69, 9.17) is 21.7 Å². The number of allylic oxidation sites excluding steroid dienone is 1. The molecule has 3 unspecified atom stereocenters. The van der Waals surface area contributed by atoms with Gasteiger partial charge in [0.1, 0.15) is 12.7 Å². The van der Waals surface area contributed by atoms with E-state index in [2.05, 4.69) is 6.58 Å². The van der Waals surface area contributed by atoms with E-state index in [0.717, 1.165) is 0 Å². The lowest BCUT2D eigenvalue weighted by Gasteiger charge is -2.29. The van der Waals surface area contributed by atoms with Crippen LogP contribution in [0.5, 0.6) is 0 Å². The van der Waals surface area contributed by atoms with Crippen LogP contribution in [0.2, 0.25) is 0 Å². The molecule has 1 aliphatic heterocycles. The van der Waals surface area contributed by atoms with Gasteiger partial charge in [-0.25, -0.2) is 0 Å². The molecule has 0 aromatic heterocycles. The lowest BCUT2D eigenvalue weighted by molar-refractivity contribution is -0.146. The highest BCUT2D eigenvalue weighted by molar-refractivity contribution is 8.28. The van der Waals surface area contributed by atoms with E-state index >= 15 is 0 Å². The maximum absolute atomic E-state index is 12.9. The van der Waals surface area contributed by atoms with Crippen LogP contribution in [0.25, 0.3) is 0 Å². The Hall–Kier alpha value is -1.26. The molecule has 3 atom stereocenters. The first-order chi connectivity index (χ1) is 14.3. The summed E-state index contributed by atoms with van der Waals surface area (Å²) in [5.74, 6) is -1.75. The van der Waals surface area contributed by atoms with Gasteiger partial charge in [0.05, 0.1) is 41.3 Å². The molecule has 0 bridgehead atoms. The number of aliphatic hydroxyl groups excluding tert-OH is 1. The molecule has 1 fully saturated rings. The molecular weight excluding hydrogens is 444 g/mol. The normalized spacial score (nSPS) is 22.9.